The Hall–Kier alpha value is -1.57. The van der Waals surface area contributed by atoms with Crippen molar-refractivity contribution in [3.05, 3.63) is 23.8 Å². The van der Waals surface area contributed by atoms with Gasteiger partial charge in [0.05, 0.1) is 16.8 Å². The molecule has 4 heteroatoms. The second kappa shape index (κ2) is 5.85. The van der Waals surface area contributed by atoms with E-state index in [2.05, 4.69) is 34.9 Å². The van der Waals surface area contributed by atoms with Crippen LogP contribution in [-0.4, -0.2) is 23.0 Å². The number of fused-ring (bicyclic) bond motifs is 1. The molecule has 0 aliphatic carbocycles. The second-order valence-electron chi connectivity index (χ2n) is 4.27. The fourth-order valence-corrected chi connectivity index (χ4v) is 2.80. The van der Waals surface area contributed by atoms with Crippen molar-refractivity contribution in [1.82, 2.24) is 9.88 Å². The highest BCUT2D eigenvalue weighted by Crippen LogP contribution is 2.25. The molecule has 0 amide bonds. The molecule has 0 saturated heterocycles. The molecule has 2 rings (SSSR count). The Morgan fingerprint density at radius 1 is 1.50 bits per heavy atom. The van der Waals surface area contributed by atoms with Gasteiger partial charge in [0.1, 0.15) is 0 Å². The van der Waals surface area contributed by atoms with Gasteiger partial charge in [0, 0.05) is 6.54 Å². The van der Waals surface area contributed by atoms with Gasteiger partial charge in [-0.2, -0.15) is 0 Å². The van der Waals surface area contributed by atoms with E-state index >= 15 is 0 Å². The lowest BCUT2D eigenvalue weighted by Gasteiger charge is -2.18. The molecular weight excluding hydrogens is 242 g/mol. The van der Waals surface area contributed by atoms with Crippen molar-refractivity contribution in [1.29, 1.82) is 0 Å². The number of rotatable bonds is 5. The summed E-state index contributed by atoms with van der Waals surface area (Å²) in [4.78, 5) is 6.53. The summed E-state index contributed by atoms with van der Waals surface area (Å²) >= 11 is 1.53. The summed E-state index contributed by atoms with van der Waals surface area (Å²) in [5, 5.41) is 0.621. The van der Waals surface area contributed by atoms with Crippen molar-refractivity contribution in [2.24, 2.45) is 0 Å². The van der Waals surface area contributed by atoms with Crippen LogP contribution in [-0.2, 0) is 6.54 Å². The number of nitrogen functional groups attached to an aromatic ring is 1. The van der Waals surface area contributed by atoms with E-state index < -0.39 is 0 Å². The number of hydrogen-bond acceptors (Lipinski definition) is 4. The maximum atomic E-state index is 5.71. The number of terminal acetylenes is 1. The van der Waals surface area contributed by atoms with Crippen LogP contribution in [0.1, 0.15) is 18.9 Å². The summed E-state index contributed by atoms with van der Waals surface area (Å²) < 4.78 is 1.14. The lowest BCUT2D eigenvalue weighted by molar-refractivity contribution is 0.300. The number of nitrogens with zero attached hydrogens (tertiary/aromatic N) is 2. The Labute approximate surface area is 112 Å². The van der Waals surface area contributed by atoms with E-state index in [-0.39, 0.29) is 0 Å². The quantitative estimate of drug-likeness (QED) is 0.840. The molecule has 0 unspecified atom stereocenters. The Bertz CT molecular complexity index is 568. The van der Waals surface area contributed by atoms with Gasteiger partial charge in [-0.1, -0.05) is 30.2 Å². The zero-order valence-corrected chi connectivity index (χ0v) is 11.3. The zero-order chi connectivity index (χ0) is 13.0. The Kier molecular flexibility index (Phi) is 4.19. The molecule has 0 radical (unpaired) electrons. The second-order valence-corrected chi connectivity index (χ2v) is 5.33. The van der Waals surface area contributed by atoms with Crippen LogP contribution >= 0.6 is 11.3 Å². The first-order valence-corrected chi connectivity index (χ1v) is 6.85. The molecule has 0 fully saturated rings. The SMILES string of the molecule is C#CCN(CCC)Cc1ccc2nc(N)sc2c1. The lowest BCUT2D eigenvalue weighted by Crippen LogP contribution is -2.24. The highest BCUT2D eigenvalue weighted by atomic mass is 32.1. The van der Waals surface area contributed by atoms with Crippen LogP contribution in [0.25, 0.3) is 10.2 Å². The topological polar surface area (TPSA) is 42.2 Å². The fourth-order valence-electron chi connectivity index (χ4n) is 2.00. The fraction of sp³-hybridized carbons (Fsp3) is 0.357. The average Bonchev–Trinajstić information content (AvgIpc) is 2.69. The third-order valence-electron chi connectivity index (χ3n) is 2.73. The van der Waals surface area contributed by atoms with Crippen molar-refractivity contribution in [3.8, 4) is 12.3 Å². The maximum Gasteiger partial charge on any atom is 0.181 e. The standard InChI is InChI=1S/C14H17N3S/c1-3-7-17(8-4-2)10-11-5-6-12-13(9-11)18-14(15)16-12/h1,5-6,9H,4,7-8,10H2,2H3,(H2,15,16). The number of nitrogens with two attached hydrogens (primary N) is 1. The van der Waals surface area contributed by atoms with Crippen molar-refractivity contribution in [2.45, 2.75) is 19.9 Å². The molecule has 2 N–H and O–H groups in total. The maximum absolute atomic E-state index is 5.71. The van der Waals surface area contributed by atoms with Crippen molar-refractivity contribution >= 4 is 26.7 Å². The number of benzene rings is 1. The predicted molar refractivity (Wildman–Crippen MR) is 78.4 cm³/mol. The van der Waals surface area contributed by atoms with Crippen LogP contribution in [0.3, 0.4) is 0 Å². The van der Waals surface area contributed by atoms with E-state index in [9.17, 15) is 0 Å². The highest BCUT2D eigenvalue weighted by Gasteiger charge is 2.06. The van der Waals surface area contributed by atoms with Gasteiger partial charge in [-0.3, -0.25) is 4.90 Å². The lowest BCUT2D eigenvalue weighted by atomic mass is 10.2. The Balaban J connectivity index is 2.17. The molecular formula is C14H17N3S. The predicted octanol–water partition coefficient (Wildman–Crippen LogP) is 2.72. The van der Waals surface area contributed by atoms with Crippen molar-refractivity contribution in [3.63, 3.8) is 0 Å². The molecule has 0 aliphatic heterocycles. The van der Waals surface area contributed by atoms with Gasteiger partial charge in [0.15, 0.2) is 5.13 Å². The minimum atomic E-state index is 0.621. The van der Waals surface area contributed by atoms with Crippen molar-refractivity contribution < 1.29 is 0 Å². The van der Waals surface area contributed by atoms with E-state index in [1.807, 2.05) is 6.07 Å². The van der Waals surface area contributed by atoms with Crippen LogP contribution < -0.4 is 5.73 Å². The summed E-state index contributed by atoms with van der Waals surface area (Å²) in [5.74, 6) is 2.71. The normalized spacial score (nSPS) is 10.9. The number of hydrogen-bond donors (Lipinski definition) is 1. The van der Waals surface area contributed by atoms with Gasteiger partial charge in [-0.05, 0) is 30.7 Å². The van der Waals surface area contributed by atoms with Gasteiger partial charge in [-0.25, -0.2) is 4.98 Å². The number of thiazole rings is 1. The molecule has 0 spiro atoms. The monoisotopic (exact) mass is 259 g/mol. The molecule has 1 aromatic heterocycles. The largest absolute Gasteiger partial charge is 0.375 e. The van der Waals surface area contributed by atoms with Crippen LogP contribution in [0.4, 0.5) is 5.13 Å². The van der Waals surface area contributed by atoms with E-state index in [4.69, 9.17) is 12.2 Å². The summed E-state index contributed by atoms with van der Waals surface area (Å²) in [6, 6.07) is 6.28. The van der Waals surface area contributed by atoms with Gasteiger partial charge >= 0.3 is 0 Å². The molecule has 18 heavy (non-hydrogen) atoms. The van der Waals surface area contributed by atoms with Gasteiger partial charge in [0.2, 0.25) is 0 Å². The molecule has 2 aromatic rings. The molecule has 0 bridgehead atoms. The molecule has 0 atom stereocenters. The van der Waals surface area contributed by atoms with Crippen molar-refractivity contribution in [2.75, 3.05) is 18.8 Å². The molecule has 94 valence electrons. The number of anilines is 1. The molecule has 1 aromatic carbocycles. The first kappa shape index (κ1) is 12.9. The molecule has 0 saturated carbocycles. The zero-order valence-electron chi connectivity index (χ0n) is 10.5. The molecule has 1 heterocycles. The summed E-state index contributed by atoms with van der Waals surface area (Å²) in [5.41, 5.74) is 7.94. The van der Waals surface area contributed by atoms with E-state index in [1.165, 1.54) is 16.9 Å². The van der Waals surface area contributed by atoms with E-state index in [1.54, 1.807) is 0 Å². The first-order valence-electron chi connectivity index (χ1n) is 6.03. The summed E-state index contributed by atoms with van der Waals surface area (Å²) in [7, 11) is 0. The number of aromatic nitrogens is 1. The van der Waals surface area contributed by atoms with Gasteiger partial charge in [-0.15, -0.1) is 6.42 Å². The Morgan fingerprint density at radius 2 is 2.33 bits per heavy atom. The Morgan fingerprint density at radius 3 is 3.06 bits per heavy atom. The van der Waals surface area contributed by atoms with E-state index in [0.29, 0.717) is 11.7 Å². The van der Waals surface area contributed by atoms with Crippen LogP contribution in [0.15, 0.2) is 18.2 Å². The van der Waals surface area contributed by atoms with Crippen LogP contribution in [0.5, 0.6) is 0 Å². The van der Waals surface area contributed by atoms with Crippen LogP contribution in [0.2, 0.25) is 0 Å². The average molecular weight is 259 g/mol. The van der Waals surface area contributed by atoms with Gasteiger partial charge in [0.25, 0.3) is 0 Å². The summed E-state index contributed by atoms with van der Waals surface area (Å²) in [6.07, 6.45) is 6.50. The molecule has 3 nitrogen and oxygen atoms in total. The van der Waals surface area contributed by atoms with E-state index in [0.717, 1.165) is 29.7 Å². The highest BCUT2D eigenvalue weighted by molar-refractivity contribution is 7.22. The molecule has 0 aliphatic rings. The minimum Gasteiger partial charge on any atom is -0.375 e. The first-order chi connectivity index (χ1) is 8.72. The third kappa shape index (κ3) is 3.00. The van der Waals surface area contributed by atoms with Crippen LogP contribution in [0, 0.1) is 12.3 Å². The van der Waals surface area contributed by atoms with Gasteiger partial charge < -0.3 is 5.73 Å². The smallest absolute Gasteiger partial charge is 0.181 e. The summed E-state index contributed by atoms with van der Waals surface area (Å²) in [6.45, 7) is 4.76. The minimum absolute atomic E-state index is 0.621. The third-order valence-corrected chi connectivity index (χ3v) is 3.58.